The number of nitrogens with one attached hydrogen (secondary N) is 2. The molecule has 0 aliphatic carbocycles. The molecule has 126 valence electrons. The highest BCUT2D eigenvalue weighted by Gasteiger charge is 2.07. The van der Waals surface area contributed by atoms with E-state index in [1.165, 1.54) is 9.75 Å². The second-order valence-corrected chi connectivity index (χ2v) is 8.08. The standard InChI is InChI=1S/C17H26N4S2/c1-12(10-15-6-5-9-22-15)11-20-17(18-4)19-8-7-16-13(2)21-14(3)23-16/h5-6,9,12H,7-8,10-11H2,1-4H3,(H2,18,19,20). The summed E-state index contributed by atoms with van der Waals surface area (Å²) >= 11 is 3.61. The molecule has 0 radical (unpaired) electrons. The van der Waals surface area contributed by atoms with Gasteiger partial charge in [-0.2, -0.15) is 0 Å². The van der Waals surface area contributed by atoms with Crippen molar-refractivity contribution in [2.24, 2.45) is 10.9 Å². The van der Waals surface area contributed by atoms with E-state index in [9.17, 15) is 0 Å². The average molecular weight is 351 g/mol. The molecule has 2 rings (SSSR count). The molecule has 0 spiro atoms. The molecule has 0 aliphatic heterocycles. The third-order valence-corrected chi connectivity index (χ3v) is 5.65. The van der Waals surface area contributed by atoms with Gasteiger partial charge >= 0.3 is 0 Å². The van der Waals surface area contributed by atoms with Crippen LogP contribution in [0.15, 0.2) is 22.5 Å². The number of hydrogen-bond donors (Lipinski definition) is 2. The first kappa shape index (κ1) is 17.9. The van der Waals surface area contributed by atoms with Crippen LogP contribution in [0.1, 0.15) is 27.4 Å². The van der Waals surface area contributed by atoms with Gasteiger partial charge in [0.1, 0.15) is 0 Å². The van der Waals surface area contributed by atoms with Crippen molar-refractivity contribution >= 4 is 28.6 Å². The maximum atomic E-state index is 4.47. The van der Waals surface area contributed by atoms with Crippen molar-refractivity contribution in [2.45, 2.75) is 33.6 Å². The average Bonchev–Trinajstić information content (AvgIpc) is 3.12. The second kappa shape index (κ2) is 9.03. The smallest absolute Gasteiger partial charge is 0.190 e. The van der Waals surface area contributed by atoms with E-state index in [1.807, 2.05) is 18.4 Å². The highest BCUT2D eigenvalue weighted by molar-refractivity contribution is 7.11. The van der Waals surface area contributed by atoms with Crippen LogP contribution < -0.4 is 10.6 Å². The Balaban J connectivity index is 1.70. The van der Waals surface area contributed by atoms with Crippen LogP contribution in [0.25, 0.3) is 0 Å². The lowest BCUT2D eigenvalue weighted by Crippen LogP contribution is -2.40. The minimum atomic E-state index is 0.582. The van der Waals surface area contributed by atoms with Crippen LogP contribution in [0, 0.1) is 19.8 Å². The fourth-order valence-electron chi connectivity index (χ4n) is 2.44. The highest BCUT2D eigenvalue weighted by atomic mass is 32.1. The van der Waals surface area contributed by atoms with Crippen molar-refractivity contribution < 1.29 is 0 Å². The molecule has 4 nitrogen and oxygen atoms in total. The molecule has 2 aromatic rings. The van der Waals surface area contributed by atoms with Crippen LogP contribution in [0.3, 0.4) is 0 Å². The normalized spacial score (nSPS) is 13.1. The van der Waals surface area contributed by atoms with Gasteiger partial charge in [0, 0.05) is 36.3 Å². The van der Waals surface area contributed by atoms with Crippen LogP contribution in [-0.2, 0) is 12.8 Å². The molecule has 0 saturated heterocycles. The molecule has 2 heterocycles. The van der Waals surface area contributed by atoms with Gasteiger partial charge in [-0.3, -0.25) is 4.99 Å². The van der Waals surface area contributed by atoms with Crippen molar-refractivity contribution in [2.75, 3.05) is 20.1 Å². The number of thiazole rings is 1. The van der Waals surface area contributed by atoms with Gasteiger partial charge in [0.2, 0.25) is 0 Å². The van der Waals surface area contributed by atoms with Gasteiger partial charge in [0.25, 0.3) is 0 Å². The van der Waals surface area contributed by atoms with Crippen molar-refractivity contribution in [3.05, 3.63) is 38.0 Å². The Morgan fingerprint density at radius 3 is 2.78 bits per heavy atom. The number of aliphatic imine (C=N–C) groups is 1. The van der Waals surface area contributed by atoms with Gasteiger partial charge in [0.05, 0.1) is 10.7 Å². The molecule has 0 aromatic carbocycles. The maximum absolute atomic E-state index is 4.47. The Bertz CT molecular complexity index is 617. The molecule has 1 atom stereocenters. The summed E-state index contributed by atoms with van der Waals surface area (Å²) in [5, 5.41) is 10.1. The van der Waals surface area contributed by atoms with Crippen LogP contribution in [0.4, 0.5) is 0 Å². The van der Waals surface area contributed by atoms with E-state index in [4.69, 9.17) is 0 Å². The lowest BCUT2D eigenvalue weighted by Gasteiger charge is -2.15. The van der Waals surface area contributed by atoms with Crippen molar-refractivity contribution in [3.8, 4) is 0 Å². The third kappa shape index (κ3) is 5.95. The zero-order valence-corrected chi connectivity index (χ0v) is 16.0. The SMILES string of the molecule is CN=C(NCCc1sc(C)nc1C)NCC(C)Cc1cccs1. The predicted molar refractivity (Wildman–Crippen MR) is 102 cm³/mol. The van der Waals surface area contributed by atoms with Crippen LogP contribution in [0.2, 0.25) is 0 Å². The number of rotatable bonds is 7. The fourth-order valence-corrected chi connectivity index (χ4v) is 4.24. The minimum Gasteiger partial charge on any atom is -0.356 e. The Labute approximate surface area is 147 Å². The van der Waals surface area contributed by atoms with Gasteiger partial charge in [-0.25, -0.2) is 4.98 Å². The zero-order valence-electron chi connectivity index (χ0n) is 14.3. The zero-order chi connectivity index (χ0) is 16.7. The Kier molecular flexibility index (Phi) is 7.05. The molecular formula is C17H26N4S2. The summed E-state index contributed by atoms with van der Waals surface area (Å²) in [5.74, 6) is 1.46. The van der Waals surface area contributed by atoms with E-state index >= 15 is 0 Å². The van der Waals surface area contributed by atoms with Gasteiger partial charge in [-0.1, -0.05) is 13.0 Å². The summed E-state index contributed by atoms with van der Waals surface area (Å²) in [7, 11) is 1.82. The number of guanidine groups is 1. The summed E-state index contributed by atoms with van der Waals surface area (Å²) in [6, 6.07) is 4.32. The lowest BCUT2D eigenvalue weighted by molar-refractivity contribution is 0.562. The van der Waals surface area contributed by atoms with Gasteiger partial charge in [-0.15, -0.1) is 22.7 Å². The molecule has 0 aliphatic rings. The topological polar surface area (TPSA) is 49.3 Å². The first-order valence-corrected chi connectivity index (χ1v) is 9.68. The van der Waals surface area contributed by atoms with Crippen LogP contribution in [0.5, 0.6) is 0 Å². The number of aryl methyl sites for hydroxylation is 2. The quantitative estimate of drug-likeness (QED) is 0.594. The largest absolute Gasteiger partial charge is 0.356 e. The fraction of sp³-hybridized carbons (Fsp3) is 0.529. The van der Waals surface area contributed by atoms with E-state index in [0.29, 0.717) is 5.92 Å². The van der Waals surface area contributed by atoms with Crippen LogP contribution in [-0.4, -0.2) is 31.1 Å². The number of hydrogen-bond acceptors (Lipinski definition) is 4. The molecule has 2 aromatic heterocycles. The van der Waals surface area contributed by atoms with Crippen molar-refractivity contribution in [3.63, 3.8) is 0 Å². The molecule has 0 bridgehead atoms. The van der Waals surface area contributed by atoms with Gasteiger partial charge in [0.15, 0.2) is 5.96 Å². The highest BCUT2D eigenvalue weighted by Crippen LogP contribution is 2.17. The third-order valence-electron chi connectivity index (χ3n) is 3.62. The van der Waals surface area contributed by atoms with E-state index in [1.54, 1.807) is 11.3 Å². The van der Waals surface area contributed by atoms with Crippen molar-refractivity contribution in [1.82, 2.24) is 15.6 Å². The number of nitrogens with zero attached hydrogens (tertiary/aromatic N) is 2. The second-order valence-electron chi connectivity index (χ2n) is 5.76. The first-order chi connectivity index (χ1) is 11.1. The Morgan fingerprint density at radius 1 is 1.35 bits per heavy atom. The van der Waals surface area contributed by atoms with E-state index in [2.05, 4.69) is 58.9 Å². The maximum Gasteiger partial charge on any atom is 0.190 e. The summed E-state index contributed by atoms with van der Waals surface area (Å²) in [5.41, 5.74) is 1.15. The molecule has 1 unspecified atom stereocenters. The molecule has 0 amide bonds. The molecular weight excluding hydrogens is 324 g/mol. The Hall–Kier alpha value is -1.40. The lowest BCUT2D eigenvalue weighted by atomic mass is 10.1. The molecule has 23 heavy (non-hydrogen) atoms. The summed E-state index contributed by atoms with van der Waals surface area (Å²) in [6.45, 7) is 8.21. The van der Waals surface area contributed by atoms with Gasteiger partial charge < -0.3 is 10.6 Å². The van der Waals surface area contributed by atoms with E-state index in [-0.39, 0.29) is 0 Å². The summed E-state index contributed by atoms with van der Waals surface area (Å²) < 4.78 is 0. The monoisotopic (exact) mass is 350 g/mol. The van der Waals surface area contributed by atoms with E-state index in [0.717, 1.165) is 42.6 Å². The molecule has 0 fully saturated rings. The molecule has 0 saturated carbocycles. The molecule has 2 N–H and O–H groups in total. The summed E-state index contributed by atoms with van der Waals surface area (Å²) in [4.78, 5) is 11.6. The van der Waals surface area contributed by atoms with E-state index < -0.39 is 0 Å². The van der Waals surface area contributed by atoms with Gasteiger partial charge in [-0.05, 0) is 37.6 Å². The van der Waals surface area contributed by atoms with Crippen LogP contribution >= 0.6 is 22.7 Å². The Morgan fingerprint density at radius 2 is 2.17 bits per heavy atom. The number of aromatic nitrogens is 1. The predicted octanol–water partition coefficient (Wildman–Crippen LogP) is 3.41. The summed E-state index contributed by atoms with van der Waals surface area (Å²) in [6.07, 6.45) is 2.10. The number of thiophene rings is 1. The van der Waals surface area contributed by atoms with Crippen molar-refractivity contribution in [1.29, 1.82) is 0 Å². The molecule has 6 heteroatoms. The first-order valence-electron chi connectivity index (χ1n) is 7.98. The minimum absolute atomic E-state index is 0.582.